The third-order valence-electron chi connectivity index (χ3n) is 4.51. The number of rotatable bonds is 4. The maximum absolute atomic E-state index is 13.6. The van der Waals surface area contributed by atoms with E-state index >= 15 is 0 Å². The smallest absolute Gasteiger partial charge is 0.267 e. The lowest BCUT2D eigenvalue weighted by molar-refractivity contribution is 0.425. The van der Waals surface area contributed by atoms with E-state index in [1.807, 2.05) is 30.5 Å². The van der Waals surface area contributed by atoms with Crippen LogP contribution in [-0.2, 0) is 6.54 Å². The molecule has 0 saturated carbocycles. The molecule has 1 N–H and O–H groups in total. The molecule has 142 valence electrons. The summed E-state index contributed by atoms with van der Waals surface area (Å²) in [6.45, 7) is 2.06. The number of aromatic hydroxyl groups is 1. The first-order valence-corrected chi connectivity index (χ1v) is 9.79. The van der Waals surface area contributed by atoms with Gasteiger partial charge in [0.1, 0.15) is 17.1 Å². The summed E-state index contributed by atoms with van der Waals surface area (Å²) < 4.78 is 20.3. The Morgan fingerprint density at radius 3 is 2.64 bits per heavy atom. The zero-order valence-electron chi connectivity index (χ0n) is 15.1. The lowest BCUT2D eigenvalue weighted by Crippen LogP contribution is -2.21. The van der Waals surface area contributed by atoms with Crippen LogP contribution in [0.2, 0.25) is 0 Å². The van der Waals surface area contributed by atoms with E-state index in [0.29, 0.717) is 23.3 Å². The highest BCUT2D eigenvalue weighted by atomic mass is 32.2. The quantitative estimate of drug-likeness (QED) is 0.517. The molecule has 4 rings (SSSR count). The second-order valence-electron chi connectivity index (χ2n) is 6.09. The van der Waals surface area contributed by atoms with E-state index in [9.17, 15) is 14.3 Å². The SMILES string of the molecule is CCn1c(=O)c(-c2nc(-c3ccc(SC)cc3)no2)c(O)c2ccc(F)cc21. The van der Waals surface area contributed by atoms with Crippen LogP contribution in [0.1, 0.15) is 6.92 Å². The van der Waals surface area contributed by atoms with E-state index in [-0.39, 0.29) is 17.2 Å². The predicted octanol–water partition coefficient (Wildman–Crippen LogP) is 4.31. The van der Waals surface area contributed by atoms with Gasteiger partial charge >= 0.3 is 0 Å². The Labute approximate surface area is 163 Å². The maximum Gasteiger partial charge on any atom is 0.267 e. The van der Waals surface area contributed by atoms with Gasteiger partial charge in [-0.1, -0.05) is 5.16 Å². The third-order valence-corrected chi connectivity index (χ3v) is 5.25. The van der Waals surface area contributed by atoms with Crippen LogP contribution >= 0.6 is 11.8 Å². The zero-order chi connectivity index (χ0) is 19.8. The van der Waals surface area contributed by atoms with Gasteiger partial charge in [-0.2, -0.15) is 4.98 Å². The van der Waals surface area contributed by atoms with Gasteiger partial charge in [-0.05, 0) is 55.6 Å². The normalized spacial score (nSPS) is 11.2. The minimum atomic E-state index is -0.522. The number of aryl methyl sites for hydroxylation is 1. The third kappa shape index (κ3) is 2.95. The molecule has 2 aromatic carbocycles. The number of thioether (sulfide) groups is 1. The summed E-state index contributed by atoms with van der Waals surface area (Å²) >= 11 is 1.62. The molecule has 0 atom stereocenters. The number of fused-ring (bicyclic) bond motifs is 1. The molecule has 0 amide bonds. The second kappa shape index (κ2) is 7.12. The van der Waals surface area contributed by atoms with Crippen LogP contribution in [0.3, 0.4) is 0 Å². The van der Waals surface area contributed by atoms with E-state index in [2.05, 4.69) is 10.1 Å². The molecule has 0 aliphatic carbocycles. The van der Waals surface area contributed by atoms with Crippen molar-refractivity contribution in [2.45, 2.75) is 18.4 Å². The fourth-order valence-corrected chi connectivity index (χ4v) is 3.51. The fraction of sp³-hybridized carbons (Fsp3) is 0.150. The Bertz CT molecular complexity index is 1230. The molecule has 0 spiro atoms. The van der Waals surface area contributed by atoms with Gasteiger partial charge in [0.2, 0.25) is 5.82 Å². The molecule has 4 aromatic rings. The van der Waals surface area contributed by atoms with Crippen molar-refractivity contribution >= 4 is 22.7 Å². The van der Waals surface area contributed by atoms with Crippen LogP contribution in [0.5, 0.6) is 5.75 Å². The first-order valence-electron chi connectivity index (χ1n) is 8.57. The molecule has 0 bridgehead atoms. The number of hydrogen-bond acceptors (Lipinski definition) is 6. The van der Waals surface area contributed by atoms with Crippen molar-refractivity contribution in [3.05, 3.63) is 58.6 Å². The fourth-order valence-electron chi connectivity index (χ4n) is 3.10. The molecule has 0 unspecified atom stereocenters. The van der Waals surface area contributed by atoms with E-state index in [1.54, 1.807) is 18.7 Å². The number of aromatic nitrogens is 3. The summed E-state index contributed by atoms with van der Waals surface area (Å²) in [5, 5.41) is 14.9. The van der Waals surface area contributed by atoms with Crippen molar-refractivity contribution in [2.75, 3.05) is 6.26 Å². The van der Waals surface area contributed by atoms with Gasteiger partial charge in [0, 0.05) is 22.4 Å². The van der Waals surface area contributed by atoms with Gasteiger partial charge in [0.25, 0.3) is 11.4 Å². The van der Waals surface area contributed by atoms with Crippen LogP contribution in [0, 0.1) is 5.82 Å². The van der Waals surface area contributed by atoms with Gasteiger partial charge in [-0.25, -0.2) is 4.39 Å². The van der Waals surface area contributed by atoms with E-state index in [0.717, 1.165) is 10.5 Å². The standard InChI is InChI=1S/C20H16FN3O3S/c1-3-24-15-10-12(21)6-9-14(15)17(25)16(20(24)26)19-22-18(23-27-19)11-4-7-13(28-2)8-5-11/h4-10,25H,3H2,1-2H3. The predicted molar refractivity (Wildman–Crippen MR) is 106 cm³/mol. The zero-order valence-corrected chi connectivity index (χ0v) is 16.0. The molecule has 0 radical (unpaired) electrons. The number of pyridine rings is 1. The lowest BCUT2D eigenvalue weighted by Gasteiger charge is -2.11. The van der Waals surface area contributed by atoms with E-state index < -0.39 is 11.4 Å². The number of nitrogens with zero attached hydrogens (tertiary/aromatic N) is 3. The number of hydrogen-bond donors (Lipinski definition) is 1. The minimum Gasteiger partial charge on any atom is -0.506 e. The molecule has 0 aliphatic rings. The number of benzene rings is 2. The summed E-state index contributed by atoms with van der Waals surface area (Å²) in [4.78, 5) is 18.3. The van der Waals surface area contributed by atoms with Crippen LogP contribution in [-0.4, -0.2) is 26.1 Å². The Balaban J connectivity index is 1.89. The van der Waals surface area contributed by atoms with Gasteiger partial charge < -0.3 is 14.2 Å². The molecule has 2 heterocycles. The van der Waals surface area contributed by atoms with Crippen molar-refractivity contribution in [1.29, 1.82) is 0 Å². The van der Waals surface area contributed by atoms with E-state index in [1.165, 1.54) is 22.8 Å². The number of halogens is 1. The van der Waals surface area contributed by atoms with Crippen LogP contribution in [0.25, 0.3) is 33.7 Å². The first kappa shape index (κ1) is 18.2. The Kier molecular flexibility index (Phi) is 4.64. The van der Waals surface area contributed by atoms with Gasteiger partial charge in [-0.3, -0.25) is 4.79 Å². The highest BCUT2D eigenvalue weighted by molar-refractivity contribution is 7.98. The Hall–Kier alpha value is -3.13. The Morgan fingerprint density at radius 2 is 1.96 bits per heavy atom. The lowest BCUT2D eigenvalue weighted by atomic mass is 10.1. The largest absolute Gasteiger partial charge is 0.506 e. The van der Waals surface area contributed by atoms with Crippen molar-refractivity contribution in [3.8, 4) is 28.6 Å². The van der Waals surface area contributed by atoms with Crippen LogP contribution in [0.15, 0.2) is 56.7 Å². The summed E-state index contributed by atoms with van der Waals surface area (Å²) in [5.74, 6) is -0.573. The molecular formula is C20H16FN3O3S. The van der Waals surface area contributed by atoms with Crippen molar-refractivity contribution in [2.24, 2.45) is 0 Å². The molecule has 0 saturated heterocycles. The maximum atomic E-state index is 13.6. The van der Waals surface area contributed by atoms with Gasteiger partial charge in [0.05, 0.1) is 5.52 Å². The average molecular weight is 397 g/mol. The topological polar surface area (TPSA) is 81.2 Å². The van der Waals surface area contributed by atoms with E-state index in [4.69, 9.17) is 4.52 Å². The Morgan fingerprint density at radius 1 is 1.21 bits per heavy atom. The highest BCUT2D eigenvalue weighted by Crippen LogP contribution is 2.33. The molecule has 2 aromatic heterocycles. The summed E-state index contributed by atoms with van der Waals surface area (Å²) in [6, 6.07) is 11.4. The van der Waals surface area contributed by atoms with Crippen molar-refractivity contribution < 1.29 is 14.0 Å². The molecular weight excluding hydrogens is 381 g/mol. The summed E-state index contributed by atoms with van der Waals surface area (Å²) in [6.07, 6.45) is 1.98. The molecule has 6 nitrogen and oxygen atoms in total. The molecule has 0 aliphatic heterocycles. The molecule has 8 heteroatoms. The first-order chi connectivity index (χ1) is 13.5. The second-order valence-corrected chi connectivity index (χ2v) is 6.97. The van der Waals surface area contributed by atoms with Crippen LogP contribution < -0.4 is 5.56 Å². The minimum absolute atomic E-state index is 0.0835. The average Bonchev–Trinajstić information content (AvgIpc) is 3.18. The molecule has 28 heavy (non-hydrogen) atoms. The highest BCUT2D eigenvalue weighted by Gasteiger charge is 2.23. The summed E-state index contributed by atoms with van der Waals surface area (Å²) in [5.41, 5.74) is 0.415. The van der Waals surface area contributed by atoms with Gasteiger partial charge in [0.15, 0.2) is 0 Å². The van der Waals surface area contributed by atoms with Crippen LogP contribution in [0.4, 0.5) is 4.39 Å². The van der Waals surface area contributed by atoms with Crippen molar-refractivity contribution in [1.82, 2.24) is 14.7 Å². The van der Waals surface area contributed by atoms with Crippen molar-refractivity contribution in [3.63, 3.8) is 0 Å². The van der Waals surface area contributed by atoms with Gasteiger partial charge in [-0.15, -0.1) is 11.8 Å². The molecule has 0 fully saturated rings. The summed E-state index contributed by atoms with van der Waals surface area (Å²) in [7, 11) is 0. The monoisotopic (exact) mass is 397 g/mol.